The van der Waals surface area contributed by atoms with Gasteiger partial charge >= 0.3 is 41.0 Å². The zero-order valence-corrected chi connectivity index (χ0v) is 14.0. The first-order chi connectivity index (χ1) is 8.31. The molecule has 2 aromatic carbocycles. The third-order valence-corrected chi connectivity index (χ3v) is 5.63. The number of rotatable bonds is 3. The van der Waals surface area contributed by atoms with Crippen molar-refractivity contribution in [2.75, 3.05) is 7.11 Å². The fraction of sp³-hybridized carbons (Fsp3) is 0.333. The second-order valence-electron chi connectivity index (χ2n) is 4.07. The van der Waals surface area contributed by atoms with Crippen LogP contribution < -0.4 is 4.74 Å². The van der Waals surface area contributed by atoms with Crippen molar-refractivity contribution in [2.24, 2.45) is 0 Å². The van der Waals surface area contributed by atoms with Crippen molar-refractivity contribution in [3.05, 3.63) is 42.5 Å². The van der Waals surface area contributed by atoms with Gasteiger partial charge in [0, 0.05) is 0 Å². The molecule has 0 aliphatic rings. The Morgan fingerprint density at radius 1 is 0.941 bits per heavy atom. The van der Waals surface area contributed by atoms with Crippen LogP contribution in [0.15, 0.2) is 42.5 Å². The maximum atomic E-state index is 5.12. The molecule has 0 aliphatic carbocycles. The van der Waals surface area contributed by atoms with Crippen LogP contribution in [0.25, 0.3) is 10.8 Å². The zero-order valence-electron chi connectivity index (χ0n) is 11.1. The summed E-state index contributed by atoms with van der Waals surface area (Å²) in [5.74, 6) is 0.911. The zero-order chi connectivity index (χ0) is 12.5. The van der Waals surface area contributed by atoms with E-state index in [-0.39, 0.29) is 17.1 Å². The molecule has 0 bridgehead atoms. The molecule has 0 fully saturated rings. The number of benzene rings is 2. The second kappa shape index (κ2) is 8.25. The molecular formula is C15H20OZn. The molecule has 88 valence electrons. The Kier molecular flexibility index (Phi) is 6.88. The Bertz CT molecular complexity index is 438. The Morgan fingerprint density at radius 2 is 1.59 bits per heavy atom. The van der Waals surface area contributed by atoms with Crippen molar-refractivity contribution in [3.63, 3.8) is 0 Å². The Labute approximate surface area is 112 Å². The van der Waals surface area contributed by atoms with Crippen molar-refractivity contribution in [1.29, 1.82) is 0 Å². The molecule has 2 aromatic rings. The van der Waals surface area contributed by atoms with Crippen LogP contribution >= 0.6 is 0 Å². The van der Waals surface area contributed by atoms with E-state index in [9.17, 15) is 0 Å². The summed E-state index contributed by atoms with van der Waals surface area (Å²) in [4.78, 5) is 0. The van der Waals surface area contributed by atoms with Gasteiger partial charge in [0.1, 0.15) is 5.75 Å². The average molecular weight is 282 g/mol. The summed E-state index contributed by atoms with van der Waals surface area (Å²) >= 11 is 0.0972. The van der Waals surface area contributed by atoms with Crippen LogP contribution in [0, 0.1) is 0 Å². The van der Waals surface area contributed by atoms with Gasteiger partial charge in [-0.3, -0.25) is 0 Å². The molecule has 2 heteroatoms. The fourth-order valence-electron chi connectivity index (χ4n) is 1.65. The van der Waals surface area contributed by atoms with Gasteiger partial charge < -0.3 is 4.74 Å². The minimum atomic E-state index is 0.0972. The molecule has 0 aromatic heterocycles. The molecule has 0 unspecified atom stereocenters. The van der Waals surface area contributed by atoms with Crippen LogP contribution in [0.5, 0.6) is 5.75 Å². The average Bonchev–Trinajstić information content (AvgIpc) is 2.40. The van der Waals surface area contributed by atoms with Gasteiger partial charge in [0.2, 0.25) is 0 Å². The first-order valence-corrected chi connectivity index (χ1v) is 10.5. The van der Waals surface area contributed by atoms with E-state index in [2.05, 4.69) is 32.0 Å². The Morgan fingerprint density at radius 3 is 2.12 bits per heavy atom. The van der Waals surface area contributed by atoms with E-state index >= 15 is 0 Å². The van der Waals surface area contributed by atoms with E-state index in [1.165, 1.54) is 20.8 Å². The number of fused-ring (bicyclic) bond motifs is 1. The van der Waals surface area contributed by atoms with E-state index in [4.69, 9.17) is 4.74 Å². The van der Waals surface area contributed by atoms with Crippen LogP contribution in [0.1, 0.15) is 13.8 Å². The summed E-state index contributed by atoms with van der Waals surface area (Å²) in [7, 11) is 1.68. The summed E-state index contributed by atoms with van der Waals surface area (Å²) in [5.41, 5.74) is 0. The van der Waals surface area contributed by atoms with Crippen LogP contribution in [0.4, 0.5) is 0 Å². The van der Waals surface area contributed by atoms with Gasteiger partial charge in [-0.15, -0.1) is 0 Å². The quantitative estimate of drug-likeness (QED) is 0.735. The van der Waals surface area contributed by atoms with Gasteiger partial charge in [0.25, 0.3) is 0 Å². The van der Waals surface area contributed by atoms with Crippen LogP contribution in [-0.4, -0.2) is 7.11 Å². The van der Waals surface area contributed by atoms with E-state index in [1.807, 2.05) is 24.3 Å². The first kappa shape index (κ1) is 14.2. The second-order valence-corrected chi connectivity index (χ2v) is 9.75. The van der Waals surface area contributed by atoms with E-state index in [0.29, 0.717) is 0 Å². The molecule has 0 heterocycles. The van der Waals surface area contributed by atoms with E-state index in [1.54, 1.807) is 7.11 Å². The minimum absolute atomic E-state index is 0.0972. The summed E-state index contributed by atoms with van der Waals surface area (Å²) in [6.45, 7) is 4.59. The number of methoxy groups -OCH3 is 1. The molecule has 2 rings (SSSR count). The third kappa shape index (κ3) is 4.87. The molecule has 0 amide bonds. The van der Waals surface area contributed by atoms with Crippen molar-refractivity contribution < 1.29 is 21.9 Å². The molecule has 0 saturated heterocycles. The fourth-order valence-corrected chi connectivity index (χ4v) is 3.13. The van der Waals surface area contributed by atoms with Crippen molar-refractivity contribution >= 4 is 10.8 Å². The monoisotopic (exact) mass is 280 g/mol. The standard InChI is InChI=1S/C11H10O.2C2H5.Zn/c1-12-11-7-6-9-4-2-3-5-10(9)8-11;2*1-2;/h2-8H,1H3;2*1H2,2H3;. The molecule has 0 spiro atoms. The maximum absolute atomic E-state index is 5.12. The normalized spacial score (nSPS) is 9.12. The van der Waals surface area contributed by atoms with E-state index < -0.39 is 0 Å². The summed E-state index contributed by atoms with van der Waals surface area (Å²) in [5, 5.41) is 5.53. The SMILES string of the molecule is COc1ccc2ccccc2c1.C[CH2][Zn][CH2]C. The first-order valence-electron chi connectivity index (χ1n) is 6.34. The molecule has 1 nitrogen and oxygen atoms in total. The number of hydrogen-bond acceptors (Lipinski definition) is 1. The molecule has 0 atom stereocenters. The number of hydrogen-bond donors (Lipinski definition) is 0. The molecule has 0 aliphatic heterocycles. The van der Waals surface area contributed by atoms with Crippen LogP contribution in [0.3, 0.4) is 0 Å². The van der Waals surface area contributed by atoms with Gasteiger partial charge in [0.15, 0.2) is 0 Å². The summed E-state index contributed by atoms with van der Waals surface area (Å²) in [6, 6.07) is 14.3. The molecule has 0 N–H and O–H groups in total. The molecule has 0 saturated carbocycles. The summed E-state index contributed by atoms with van der Waals surface area (Å²) < 4.78 is 5.12. The van der Waals surface area contributed by atoms with Gasteiger partial charge in [0.05, 0.1) is 7.11 Å². The van der Waals surface area contributed by atoms with Crippen molar-refractivity contribution in [1.82, 2.24) is 0 Å². The molecular weight excluding hydrogens is 262 g/mol. The van der Waals surface area contributed by atoms with E-state index in [0.717, 1.165) is 5.75 Å². The third-order valence-electron chi connectivity index (χ3n) is 2.66. The topological polar surface area (TPSA) is 9.23 Å². The van der Waals surface area contributed by atoms with Crippen molar-refractivity contribution in [2.45, 2.75) is 23.9 Å². The van der Waals surface area contributed by atoms with Gasteiger partial charge in [-0.05, 0) is 22.9 Å². The Balaban J connectivity index is 0.000000249. The summed E-state index contributed by atoms with van der Waals surface area (Å²) in [6.07, 6.45) is 0. The molecule has 17 heavy (non-hydrogen) atoms. The van der Waals surface area contributed by atoms with Gasteiger partial charge in [-0.2, -0.15) is 0 Å². The van der Waals surface area contributed by atoms with Gasteiger partial charge in [-0.1, -0.05) is 30.3 Å². The molecule has 0 radical (unpaired) electrons. The predicted molar refractivity (Wildman–Crippen MR) is 71.5 cm³/mol. The number of ether oxygens (including phenoxy) is 1. The van der Waals surface area contributed by atoms with Gasteiger partial charge in [-0.25, -0.2) is 0 Å². The predicted octanol–water partition coefficient (Wildman–Crippen LogP) is 4.79. The van der Waals surface area contributed by atoms with Crippen molar-refractivity contribution in [3.8, 4) is 5.75 Å². The van der Waals surface area contributed by atoms with Crippen LogP contribution in [-0.2, 0) is 17.1 Å². The Hall–Kier alpha value is -0.877. The van der Waals surface area contributed by atoms with Crippen LogP contribution in [0.2, 0.25) is 10.0 Å².